The van der Waals surface area contributed by atoms with Gasteiger partial charge in [-0.05, 0) is 36.4 Å². The molecule has 0 saturated carbocycles. The summed E-state index contributed by atoms with van der Waals surface area (Å²) in [7, 11) is 0. The van der Waals surface area contributed by atoms with Crippen LogP contribution in [-0.2, 0) is 0 Å². The van der Waals surface area contributed by atoms with Crippen molar-refractivity contribution < 1.29 is 4.84 Å². The lowest BCUT2D eigenvalue weighted by molar-refractivity contribution is 0.174. The fraction of sp³-hybridized carbons (Fsp3) is 0.0714. The Labute approximate surface area is 119 Å². The number of nitrogens with zero attached hydrogens (tertiary/aromatic N) is 6. The Morgan fingerprint density at radius 3 is 2.81 bits per heavy atom. The number of rotatable bonds is 2. The number of fused-ring (bicyclic) bond motifs is 2. The van der Waals surface area contributed by atoms with Crippen LogP contribution in [0, 0.1) is 6.92 Å². The summed E-state index contributed by atoms with van der Waals surface area (Å²) in [4.78, 5) is 20.0. The van der Waals surface area contributed by atoms with Gasteiger partial charge in [0, 0.05) is 6.20 Å². The predicted octanol–water partition coefficient (Wildman–Crippen LogP) is 1.92. The van der Waals surface area contributed by atoms with Gasteiger partial charge < -0.3 is 4.84 Å². The molecule has 102 valence electrons. The zero-order chi connectivity index (χ0) is 14.2. The van der Waals surface area contributed by atoms with E-state index in [-0.39, 0.29) is 0 Å². The SMILES string of the molecule is Cc1nc2ncccc2nc1On1nnc2ccccc21. The zero-order valence-corrected chi connectivity index (χ0v) is 11.1. The first-order valence-corrected chi connectivity index (χ1v) is 6.39. The van der Waals surface area contributed by atoms with Crippen LogP contribution in [0.3, 0.4) is 0 Å². The molecule has 0 radical (unpaired) electrons. The summed E-state index contributed by atoms with van der Waals surface area (Å²) in [5, 5.41) is 8.01. The number of aryl methyl sites for hydroxylation is 1. The summed E-state index contributed by atoms with van der Waals surface area (Å²) in [6.07, 6.45) is 1.68. The Hall–Kier alpha value is -3.09. The molecule has 7 heteroatoms. The summed E-state index contributed by atoms with van der Waals surface area (Å²) < 4.78 is 0. The summed E-state index contributed by atoms with van der Waals surface area (Å²) in [5.74, 6) is 0.381. The van der Waals surface area contributed by atoms with E-state index < -0.39 is 0 Å². The molecule has 0 aliphatic rings. The Balaban J connectivity index is 1.82. The van der Waals surface area contributed by atoms with Gasteiger partial charge in [0.2, 0.25) is 0 Å². The van der Waals surface area contributed by atoms with Gasteiger partial charge in [-0.25, -0.2) is 15.0 Å². The van der Waals surface area contributed by atoms with Crippen LogP contribution in [0.2, 0.25) is 0 Å². The molecule has 0 atom stereocenters. The molecule has 21 heavy (non-hydrogen) atoms. The maximum absolute atomic E-state index is 5.71. The van der Waals surface area contributed by atoms with Crippen molar-refractivity contribution >= 4 is 22.2 Å². The molecule has 7 nitrogen and oxygen atoms in total. The van der Waals surface area contributed by atoms with Crippen LogP contribution in [0.4, 0.5) is 0 Å². The van der Waals surface area contributed by atoms with Gasteiger partial charge in [-0.15, -0.1) is 5.10 Å². The van der Waals surface area contributed by atoms with E-state index in [1.807, 2.05) is 37.3 Å². The van der Waals surface area contributed by atoms with Crippen molar-refractivity contribution in [2.24, 2.45) is 0 Å². The fourth-order valence-electron chi connectivity index (χ4n) is 2.04. The van der Waals surface area contributed by atoms with Gasteiger partial charge in [0.15, 0.2) is 5.65 Å². The predicted molar refractivity (Wildman–Crippen MR) is 75.6 cm³/mol. The van der Waals surface area contributed by atoms with Gasteiger partial charge in [0.25, 0.3) is 5.88 Å². The Morgan fingerprint density at radius 1 is 1.00 bits per heavy atom. The molecule has 1 aromatic carbocycles. The molecule has 0 fully saturated rings. The molecule has 0 saturated heterocycles. The van der Waals surface area contributed by atoms with Crippen LogP contribution in [-0.4, -0.2) is 30.1 Å². The number of hydrogen-bond donors (Lipinski definition) is 0. The number of para-hydroxylation sites is 1. The third kappa shape index (κ3) is 1.95. The molecular weight excluding hydrogens is 268 g/mol. The van der Waals surface area contributed by atoms with E-state index in [9.17, 15) is 0 Å². The molecular formula is C14H10N6O. The highest BCUT2D eigenvalue weighted by molar-refractivity contribution is 5.73. The third-order valence-corrected chi connectivity index (χ3v) is 3.07. The minimum Gasteiger partial charge on any atom is -0.334 e. The highest BCUT2D eigenvalue weighted by atomic mass is 16.7. The van der Waals surface area contributed by atoms with Crippen molar-refractivity contribution in [3.05, 3.63) is 48.3 Å². The molecule has 0 spiro atoms. The Kier molecular flexibility index (Phi) is 2.50. The lowest BCUT2D eigenvalue weighted by Gasteiger charge is -2.06. The average molecular weight is 278 g/mol. The zero-order valence-electron chi connectivity index (χ0n) is 11.1. The monoisotopic (exact) mass is 278 g/mol. The summed E-state index contributed by atoms with van der Waals surface area (Å²) in [6, 6.07) is 11.2. The largest absolute Gasteiger partial charge is 0.334 e. The normalized spacial score (nSPS) is 11.1. The number of benzene rings is 1. The first kappa shape index (κ1) is 11.7. The van der Waals surface area contributed by atoms with Crippen molar-refractivity contribution in [2.45, 2.75) is 6.92 Å². The number of hydrogen-bond acceptors (Lipinski definition) is 6. The molecule has 0 bridgehead atoms. The second kappa shape index (κ2) is 4.48. The molecule has 0 unspecified atom stereocenters. The highest BCUT2D eigenvalue weighted by Gasteiger charge is 2.11. The molecule has 0 aliphatic carbocycles. The molecule has 3 aromatic heterocycles. The van der Waals surface area contributed by atoms with Gasteiger partial charge in [0.05, 0.1) is 0 Å². The second-order valence-electron chi connectivity index (χ2n) is 4.50. The molecule has 0 N–H and O–H groups in total. The summed E-state index contributed by atoms with van der Waals surface area (Å²) >= 11 is 0. The fourth-order valence-corrected chi connectivity index (χ4v) is 2.04. The van der Waals surface area contributed by atoms with Crippen molar-refractivity contribution in [3.63, 3.8) is 0 Å². The maximum atomic E-state index is 5.71. The van der Waals surface area contributed by atoms with E-state index in [0.29, 0.717) is 22.7 Å². The lowest BCUT2D eigenvalue weighted by atomic mass is 10.3. The Bertz CT molecular complexity index is 948. The standard InChI is InChI=1S/C14H10N6O/c1-9-14(17-11-6-4-8-15-13(11)16-9)21-20-12-7-3-2-5-10(12)18-19-20/h2-8H,1H3. The smallest absolute Gasteiger partial charge is 0.270 e. The van der Waals surface area contributed by atoms with E-state index in [1.54, 1.807) is 12.3 Å². The van der Waals surface area contributed by atoms with Gasteiger partial charge >= 0.3 is 0 Å². The first-order chi connectivity index (χ1) is 10.3. The minimum atomic E-state index is 0.381. The summed E-state index contributed by atoms with van der Waals surface area (Å²) in [6.45, 7) is 1.82. The van der Waals surface area contributed by atoms with Crippen LogP contribution in [0.15, 0.2) is 42.6 Å². The lowest BCUT2D eigenvalue weighted by Crippen LogP contribution is -2.10. The first-order valence-electron chi connectivity index (χ1n) is 6.39. The molecule has 0 aliphatic heterocycles. The van der Waals surface area contributed by atoms with E-state index in [2.05, 4.69) is 25.3 Å². The van der Waals surface area contributed by atoms with Crippen molar-refractivity contribution in [1.29, 1.82) is 0 Å². The van der Waals surface area contributed by atoms with Gasteiger partial charge in [0.1, 0.15) is 22.2 Å². The molecule has 4 rings (SSSR count). The van der Waals surface area contributed by atoms with Crippen molar-refractivity contribution in [1.82, 2.24) is 30.1 Å². The van der Waals surface area contributed by atoms with E-state index >= 15 is 0 Å². The van der Waals surface area contributed by atoms with E-state index in [1.165, 1.54) is 4.85 Å². The minimum absolute atomic E-state index is 0.381. The maximum Gasteiger partial charge on any atom is 0.270 e. The third-order valence-electron chi connectivity index (χ3n) is 3.07. The van der Waals surface area contributed by atoms with Gasteiger partial charge in [-0.1, -0.05) is 17.0 Å². The molecule has 3 heterocycles. The van der Waals surface area contributed by atoms with E-state index in [0.717, 1.165) is 11.0 Å². The van der Waals surface area contributed by atoms with E-state index in [4.69, 9.17) is 4.84 Å². The van der Waals surface area contributed by atoms with Gasteiger partial charge in [-0.3, -0.25) is 0 Å². The average Bonchev–Trinajstić information content (AvgIpc) is 2.91. The van der Waals surface area contributed by atoms with Crippen molar-refractivity contribution in [3.8, 4) is 5.88 Å². The molecule has 0 amide bonds. The van der Waals surface area contributed by atoms with Crippen LogP contribution >= 0.6 is 0 Å². The summed E-state index contributed by atoms with van der Waals surface area (Å²) in [5.41, 5.74) is 3.42. The quantitative estimate of drug-likeness (QED) is 0.557. The van der Waals surface area contributed by atoms with Crippen LogP contribution in [0.1, 0.15) is 5.69 Å². The topological polar surface area (TPSA) is 78.6 Å². The molecule has 4 aromatic rings. The van der Waals surface area contributed by atoms with Crippen LogP contribution < -0.4 is 4.84 Å². The number of pyridine rings is 1. The number of aromatic nitrogens is 6. The Morgan fingerprint density at radius 2 is 1.86 bits per heavy atom. The van der Waals surface area contributed by atoms with Crippen LogP contribution in [0.5, 0.6) is 5.88 Å². The van der Waals surface area contributed by atoms with Gasteiger partial charge in [-0.2, -0.15) is 0 Å². The van der Waals surface area contributed by atoms with Crippen LogP contribution in [0.25, 0.3) is 22.2 Å². The highest BCUT2D eigenvalue weighted by Crippen LogP contribution is 2.18. The second-order valence-corrected chi connectivity index (χ2v) is 4.50. The van der Waals surface area contributed by atoms with Crippen molar-refractivity contribution in [2.75, 3.05) is 0 Å².